The van der Waals surface area contributed by atoms with Crippen molar-refractivity contribution in [1.82, 2.24) is 5.43 Å². The molecular weight excluding hydrogens is 332 g/mol. The summed E-state index contributed by atoms with van der Waals surface area (Å²) in [4.78, 5) is 11.9. The van der Waals surface area contributed by atoms with Crippen molar-refractivity contribution in [2.45, 2.75) is 20.8 Å². The molecule has 0 radical (unpaired) electrons. The first-order valence-electron chi connectivity index (χ1n) is 8.46. The number of hydrogen-bond donors (Lipinski definition) is 1. The number of amides is 1. The maximum Gasteiger partial charge on any atom is 0.277 e. The summed E-state index contributed by atoms with van der Waals surface area (Å²) < 4.78 is 16.6. The van der Waals surface area contributed by atoms with E-state index in [1.807, 2.05) is 57.2 Å². The van der Waals surface area contributed by atoms with Crippen LogP contribution in [0.2, 0.25) is 0 Å². The Bertz CT molecular complexity index is 846. The lowest BCUT2D eigenvalue weighted by molar-refractivity contribution is -0.123. The molecule has 0 unspecified atom stereocenters. The van der Waals surface area contributed by atoms with Crippen LogP contribution in [0.5, 0.6) is 17.2 Å². The van der Waals surface area contributed by atoms with Crippen LogP contribution in [0.15, 0.2) is 41.5 Å². The molecule has 2 aromatic carbocycles. The smallest absolute Gasteiger partial charge is 0.277 e. The monoisotopic (exact) mass is 354 g/mol. The van der Waals surface area contributed by atoms with E-state index in [1.165, 1.54) is 5.56 Å². The van der Waals surface area contributed by atoms with E-state index in [1.54, 1.807) is 0 Å². The van der Waals surface area contributed by atoms with Gasteiger partial charge in [0.15, 0.2) is 18.1 Å². The van der Waals surface area contributed by atoms with E-state index < -0.39 is 0 Å². The molecule has 0 bridgehead atoms. The van der Waals surface area contributed by atoms with Gasteiger partial charge in [0.05, 0.1) is 5.71 Å². The molecule has 0 spiro atoms. The second-order valence-corrected chi connectivity index (χ2v) is 6.13. The highest BCUT2D eigenvalue weighted by Gasteiger charge is 2.12. The quantitative estimate of drug-likeness (QED) is 0.662. The molecule has 0 aromatic heterocycles. The van der Waals surface area contributed by atoms with Crippen molar-refractivity contribution in [2.75, 3.05) is 19.8 Å². The number of nitrogens with zero attached hydrogens (tertiary/aromatic N) is 1. The predicted octanol–water partition coefficient (Wildman–Crippen LogP) is 2.99. The zero-order chi connectivity index (χ0) is 18.5. The lowest BCUT2D eigenvalue weighted by Gasteiger charge is -2.18. The van der Waals surface area contributed by atoms with Crippen LogP contribution in [0.25, 0.3) is 0 Å². The number of benzene rings is 2. The topological polar surface area (TPSA) is 69.2 Å². The van der Waals surface area contributed by atoms with E-state index in [0.29, 0.717) is 30.4 Å². The molecule has 0 aliphatic carbocycles. The van der Waals surface area contributed by atoms with Crippen molar-refractivity contribution in [2.24, 2.45) is 5.10 Å². The van der Waals surface area contributed by atoms with Crippen LogP contribution in [0, 0.1) is 13.8 Å². The molecule has 6 heteroatoms. The summed E-state index contributed by atoms with van der Waals surface area (Å²) in [7, 11) is 0. The number of carbonyl (C=O) groups is 1. The van der Waals surface area contributed by atoms with E-state index in [4.69, 9.17) is 14.2 Å². The summed E-state index contributed by atoms with van der Waals surface area (Å²) >= 11 is 0. The largest absolute Gasteiger partial charge is 0.486 e. The molecule has 1 aliphatic heterocycles. The Morgan fingerprint density at radius 2 is 1.85 bits per heavy atom. The molecule has 0 atom stereocenters. The minimum Gasteiger partial charge on any atom is -0.486 e. The van der Waals surface area contributed by atoms with Gasteiger partial charge >= 0.3 is 0 Å². The Kier molecular flexibility index (Phi) is 5.41. The zero-order valence-corrected chi connectivity index (χ0v) is 15.2. The second kappa shape index (κ2) is 7.91. The van der Waals surface area contributed by atoms with Gasteiger partial charge in [-0.2, -0.15) is 5.10 Å². The van der Waals surface area contributed by atoms with E-state index in [0.717, 1.165) is 16.9 Å². The van der Waals surface area contributed by atoms with E-state index in [-0.39, 0.29) is 12.5 Å². The summed E-state index contributed by atoms with van der Waals surface area (Å²) in [6.45, 7) is 6.83. The number of hydrazone groups is 1. The first kappa shape index (κ1) is 17.8. The van der Waals surface area contributed by atoms with Crippen molar-refractivity contribution < 1.29 is 19.0 Å². The molecule has 0 fully saturated rings. The first-order chi connectivity index (χ1) is 12.5. The Morgan fingerprint density at radius 1 is 1.08 bits per heavy atom. The van der Waals surface area contributed by atoms with E-state index >= 15 is 0 Å². The van der Waals surface area contributed by atoms with Gasteiger partial charge in [-0.3, -0.25) is 4.79 Å². The highest BCUT2D eigenvalue weighted by molar-refractivity contribution is 5.99. The van der Waals surface area contributed by atoms with Crippen LogP contribution in [-0.4, -0.2) is 31.4 Å². The number of carbonyl (C=O) groups excluding carboxylic acids is 1. The average Bonchev–Trinajstić information content (AvgIpc) is 2.66. The molecular formula is C20H22N2O4. The summed E-state index contributed by atoms with van der Waals surface area (Å²) in [6, 6.07) is 11.3. The maximum absolute atomic E-state index is 11.9. The highest BCUT2D eigenvalue weighted by atomic mass is 16.6. The fourth-order valence-electron chi connectivity index (χ4n) is 2.46. The van der Waals surface area contributed by atoms with Crippen LogP contribution in [-0.2, 0) is 4.79 Å². The van der Waals surface area contributed by atoms with Gasteiger partial charge in [0.1, 0.15) is 19.0 Å². The van der Waals surface area contributed by atoms with Crippen LogP contribution in [0.4, 0.5) is 0 Å². The number of ether oxygens (including phenoxy) is 3. The number of rotatable bonds is 5. The fourth-order valence-corrected chi connectivity index (χ4v) is 2.46. The molecule has 1 heterocycles. The molecule has 26 heavy (non-hydrogen) atoms. The number of fused-ring (bicyclic) bond motifs is 1. The predicted molar refractivity (Wildman–Crippen MR) is 99.2 cm³/mol. The van der Waals surface area contributed by atoms with Gasteiger partial charge in [-0.25, -0.2) is 5.43 Å². The maximum atomic E-state index is 11.9. The van der Waals surface area contributed by atoms with Crippen molar-refractivity contribution in [3.63, 3.8) is 0 Å². The standard InChI is InChI=1S/C20H22N2O4/c1-13-4-6-17(10-14(13)2)26-12-20(23)22-21-15(3)16-5-7-18-19(11-16)25-9-8-24-18/h4-7,10-11H,8-9,12H2,1-3H3,(H,22,23)/b21-15-. The molecule has 136 valence electrons. The van der Waals surface area contributed by atoms with E-state index in [9.17, 15) is 4.79 Å². The SMILES string of the molecule is C/C(=N/NC(=O)COc1ccc(C)c(C)c1)c1ccc2c(c1)OCCO2. The van der Waals surface area contributed by atoms with Gasteiger partial charge in [-0.05, 0) is 62.2 Å². The van der Waals surface area contributed by atoms with Crippen molar-refractivity contribution in [1.29, 1.82) is 0 Å². The van der Waals surface area contributed by atoms with Crippen LogP contribution in [0.1, 0.15) is 23.6 Å². The third-order valence-corrected chi connectivity index (χ3v) is 4.16. The number of nitrogens with one attached hydrogen (secondary N) is 1. The Morgan fingerprint density at radius 3 is 2.62 bits per heavy atom. The van der Waals surface area contributed by atoms with Gasteiger partial charge in [-0.1, -0.05) is 6.07 Å². The first-order valence-corrected chi connectivity index (χ1v) is 8.46. The van der Waals surface area contributed by atoms with E-state index in [2.05, 4.69) is 10.5 Å². The zero-order valence-electron chi connectivity index (χ0n) is 15.2. The Labute approximate surface area is 152 Å². The van der Waals surface area contributed by atoms with Crippen LogP contribution >= 0.6 is 0 Å². The summed E-state index contributed by atoms with van der Waals surface area (Å²) in [5, 5.41) is 4.13. The van der Waals surface area contributed by atoms with Crippen molar-refractivity contribution >= 4 is 11.6 Å². The molecule has 0 saturated heterocycles. The third-order valence-electron chi connectivity index (χ3n) is 4.16. The Hall–Kier alpha value is -3.02. The normalized spacial score (nSPS) is 13.3. The fraction of sp³-hybridized carbons (Fsp3) is 0.300. The minimum atomic E-state index is -0.319. The molecule has 2 aromatic rings. The second-order valence-electron chi connectivity index (χ2n) is 6.13. The highest BCUT2D eigenvalue weighted by Crippen LogP contribution is 2.30. The molecule has 3 rings (SSSR count). The molecule has 1 aliphatic rings. The van der Waals surface area contributed by atoms with Crippen LogP contribution < -0.4 is 19.6 Å². The van der Waals surface area contributed by atoms with Gasteiger partial charge < -0.3 is 14.2 Å². The number of aryl methyl sites for hydroxylation is 2. The summed E-state index contributed by atoms with van der Waals surface area (Å²) in [6.07, 6.45) is 0. The van der Waals surface area contributed by atoms with Gasteiger partial charge in [0, 0.05) is 5.56 Å². The average molecular weight is 354 g/mol. The number of hydrogen-bond acceptors (Lipinski definition) is 5. The molecule has 6 nitrogen and oxygen atoms in total. The summed E-state index contributed by atoms with van der Waals surface area (Å²) in [5.74, 6) is 1.75. The van der Waals surface area contributed by atoms with Gasteiger partial charge in [-0.15, -0.1) is 0 Å². The van der Waals surface area contributed by atoms with Crippen molar-refractivity contribution in [3.05, 3.63) is 53.1 Å². The lowest BCUT2D eigenvalue weighted by Crippen LogP contribution is -2.25. The molecule has 0 saturated carbocycles. The summed E-state index contributed by atoms with van der Waals surface area (Å²) in [5.41, 5.74) is 6.33. The van der Waals surface area contributed by atoms with Crippen LogP contribution in [0.3, 0.4) is 0 Å². The molecule has 1 amide bonds. The van der Waals surface area contributed by atoms with Crippen molar-refractivity contribution in [3.8, 4) is 17.2 Å². The van der Waals surface area contributed by atoms with Gasteiger partial charge in [0.2, 0.25) is 0 Å². The lowest BCUT2D eigenvalue weighted by atomic mass is 10.1. The Balaban J connectivity index is 1.56. The third kappa shape index (κ3) is 4.33. The molecule has 1 N–H and O–H groups in total. The van der Waals surface area contributed by atoms with Gasteiger partial charge in [0.25, 0.3) is 5.91 Å². The minimum absolute atomic E-state index is 0.0968.